The topological polar surface area (TPSA) is 28.7 Å². The van der Waals surface area contributed by atoms with Gasteiger partial charge in [0.1, 0.15) is 6.07 Å². The van der Waals surface area contributed by atoms with Crippen molar-refractivity contribution >= 4 is 0 Å². The van der Waals surface area contributed by atoms with Gasteiger partial charge in [-0.05, 0) is 30.5 Å². The molecule has 0 amide bonds. The SMILES string of the molecule is CCc1ccc(-c2cc(C#N)c(C)n2C)cc1. The summed E-state index contributed by atoms with van der Waals surface area (Å²) in [6, 6.07) is 12.7. The zero-order chi connectivity index (χ0) is 12.4. The van der Waals surface area contributed by atoms with Crippen LogP contribution in [0, 0.1) is 18.3 Å². The van der Waals surface area contributed by atoms with Gasteiger partial charge in [0.2, 0.25) is 0 Å². The minimum absolute atomic E-state index is 0.752. The van der Waals surface area contributed by atoms with Crippen LogP contribution in [0.3, 0.4) is 0 Å². The van der Waals surface area contributed by atoms with Crippen LogP contribution in [0.2, 0.25) is 0 Å². The lowest BCUT2D eigenvalue weighted by atomic mass is 10.1. The second-order valence-electron chi connectivity index (χ2n) is 4.25. The first kappa shape index (κ1) is 11.5. The van der Waals surface area contributed by atoms with Gasteiger partial charge in [-0.1, -0.05) is 31.2 Å². The molecule has 1 heterocycles. The van der Waals surface area contributed by atoms with Gasteiger partial charge in [-0.3, -0.25) is 0 Å². The van der Waals surface area contributed by atoms with Crippen LogP contribution in [0.5, 0.6) is 0 Å². The van der Waals surface area contributed by atoms with E-state index >= 15 is 0 Å². The third kappa shape index (κ3) is 1.97. The molecule has 0 fully saturated rings. The number of rotatable bonds is 2. The molecule has 0 spiro atoms. The summed E-state index contributed by atoms with van der Waals surface area (Å²) in [6.07, 6.45) is 1.05. The second kappa shape index (κ2) is 4.47. The minimum atomic E-state index is 0.752. The number of nitriles is 1. The van der Waals surface area contributed by atoms with Crippen LogP contribution in [0.25, 0.3) is 11.3 Å². The van der Waals surface area contributed by atoms with Gasteiger partial charge in [-0.2, -0.15) is 5.26 Å². The Labute approximate surface area is 102 Å². The van der Waals surface area contributed by atoms with Crippen LogP contribution >= 0.6 is 0 Å². The molecule has 0 unspecified atom stereocenters. The molecular weight excluding hydrogens is 208 g/mol. The first-order valence-electron chi connectivity index (χ1n) is 5.83. The Morgan fingerprint density at radius 3 is 2.35 bits per heavy atom. The summed E-state index contributed by atoms with van der Waals surface area (Å²) >= 11 is 0. The third-order valence-electron chi connectivity index (χ3n) is 3.31. The fraction of sp³-hybridized carbons (Fsp3) is 0.267. The molecule has 0 bridgehead atoms. The van der Waals surface area contributed by atoms with E-state index in [1.165, 1.54) is 5.56 Å². The Hall–Kier alpha value is -2.01. The van der Waals surface area contributed by atoms with Crippen molar-refractivity contribution < 1.29 is 0 Å². The molecule has 0 atom stereocenters. The number of nitrogens with zero attached hydrogens (tertiary/aromatic N) is 2. The van der Waals surface area contributed by atoms with Crippen molar-refractivity contribution in [2.75, 3.05) is 0 Å². The molecule has 2 heteroatoms. The summed E-state index contributed by atoms with van der Waals surface area (Å²) in [7, 11) is 2.00. The van der Waals surface area contributed by atoms with Crippen LogP contribution in [-0.4, -0.2) is 4.57 Å². The highest BCUT2D eigenvalue weighted by Crippen LogP contribution is 2.24. The van der Waals surface area contributed by atoms with Crippen LogP contribution in [0.4, 0.5) is 0 Å². The van der Waals surface area contributed by atoms with Crippen molar-refractivity contribution in [2.45, 2.75) is 20.3 Å². The molecule has 2 rings (SSSR count). The fourth-order valence-electron chi connectivity index (χ4n) is 2.00. The van der Waals surface area contributed by atoms with E-state index in [4.69, 9.17) is 5.26 Å². The molecule has 0 saturated carbocycles. The van der Waals surface area contributed by atoms with Gasteiger partial charge in [0, 0.05) is 18.4 Å². The van der Waals surface area contributed by atoms with Crippen LogP contribution in [0.15, 0.2) is 30.3 Å². The highest BCUT2D eigenvalue weighted by atomic mass is 15.0. The molecule has 2 aromatic rings. The molecule has 17 heavy (non-hydrogen) atoms. The maximum Gasteiger partial charge on any atom is 0.101 e. The van der Waals surface area contributed by atoms with E-state index in [0.29, 0.717) is 0 Å². The average molecular weight is 224 g/mol. The van der Waals surface area contributed by atoms with E-state index in [9.17, 15) is 0 Å². The maximum absolute atomic E-state index is 9.02. The van der Waals surface area contributed by atoms with Crippen molar-refractivity contribution in [3.05, 3.63) is 47.2 Å². The second-order valence-corrected chi connectivity index (χ2v) is 4.25. The molecule has 0 aliphatic carbocycles. The molecule has 0 saturated heterocycles. The zero-order valence-corrected chi connectivity index (χ0v) is 10.5. The molecule has 1 aromatic carbocycles. The summed E-state index contributed by atoms with van der Waals surface area (Å²) in [5.74, 6) is 0. The Bertz CT molecular complexity index is 568. The van der Waals surface area contributed by atoms with Crippen LogP contribution < -0.4 is 0 Å². The lowest BCUT2D eigenvalue weighted by molar-refractivity contribution is 0.888. The van der Waals surface area contributed by atoms with Crippen molar-refractivity contribution in [3.63, 3.8) is 0 Å². The predicted molar refractivity (Wildman–Crippen MR) is 69.7 cm³/mol. The molecular formula is C15H16N2. The average Bonchev–Trinajstić information content (AvgIpc) is 2.66. The standard InChI is InChI=1S/C15H16N2/c1-4-12-5-7-13(8-6-12)15-9-14(10-16)11(2)17(15)3/h5-9H,4H2,1-3H3. The van der Waals surface area contributed by atoms with E-state index in [-0.39, 0.29) is 0 Å². The number of benzene rings is 1. The van der Waals surface area contributed by atoms with E-state index in [2.05, 4.69) is 41.8 Å². The Morgan fingerprint density at radius 1 is 1.24 bits per heavy atom. The van der Waals surface area contributed by atoms with Crippen molar-refractivity contribution in [3.8, 4) is 17.3 Å². The van der Waals surface area contributed by atoms with E-state index in [1.807, 2.05) is 20.0 Å². The number of aromatic nitrogens is 1. The van der Waals surface area contributed by atoms with E-state index < -0.39 is 0 Å². The minimum Gasteiger partial charge on any atom is -0.347 e. The van der Waals surface area contributed by atoms with Gasteiger partial charge in [-0.15, -0.1) is 0 Å². The summed E-state index contributed by atoms with van der Waals surface area (Å²) in [6.45, 7) is 4.12. The normalized spacial score (nSPS) is 10.2. The first-order chi connectivity index (χ1) is 8.17. The van der Waals surface area contributed by atoms with Crippen molar-refractivity contribution in [2.24, 2.45) is 7.05 Å². The number of hydrogen-bond donors (Lipinski definition) is 0. The zero-order valence-electron chi connectivity index (χ0n) is 10.5. The van der Waals surface area contributed by atoms with E-state index in [0.717, 1.165) is 28.9 Å². The van der Waals surface area contributed by atoms with Gasteiger partial charge in [0.15, 0.2) is 0 Å². The highest BCUT2D eigenvalue weighted by Gasteiger charge is 2.09. The molecule has 86 valence electrons. The van der Waals surface area contributed by atoms with E-state index in [1.54, 1.807) is 0 Å². The predicted octanol–water partition coefficient (Wildman–Crippen LogP) is 3.43. The summed E-state index contributed by atoms with van der Waals surface area (Å²) < 4.78 is 2.07. The first-order valence-corrected chi connectivity index (χ1v) is 5.83. The fourth-order valence-corrected chi connectivity index (χ4v) is 2.00. The van der Waals surface area contributed by atoms with Gasteiger partial charge in [0.25, 0.3) is 0 Å². The Morgan fingerprint density at radius 2 is 1.88 bits per heavy atom. The van der Waals surface area contributed by atoms with Crippen LogP contribution in [-0.2, 0) is 13.5 Å². The quantitative estimate of drug-likeness (QED) is 0.768. The molecule has 0 N–H and O–H groups in total. The Balaban J connectivity index is 2.50. The smallest absolute Gasteiger partial charge is 0.101 e. The summed E-state index contributed by atoms with van der Waals surface area (Å²) in [5.41, 5.74) is 5.36. The highest BCUT2D eigenvalue weighted by molar-refractivity contribution is 5.64. The number of aryl methyl sites for hydroxylation is 1. The Kier molecular flexibility index (Phi) is 3.01. The van der Waals surface area contributed by atoms with Crippen LogP contribution in [0.1, 0.15) is 23.7 Å². The molecule has 0 radical (unpaired) electrons. The van der Waals surface area contributed by atoms with Crippen molar-refractivity contribution in [1.82, 2.24) is 4.57 Å². The number of hydrogen-bond acceptors (Lipinski definition) is 1. The molecule has 0 aliphatic rings. The third-order valence-corrected chi connectivity index (χ3v) is 3.31. The van der Waals surface area contributed by atoms with Gasteiger partial charge in [-0.25, -0.2) is 0 Å². The summed E-state index contributed by atoms with van der Waals surface area (Å²) in [4.78, 5) is 0. The largest absolute Gasteiger partial charge is 0.347 e. The molecule has 2 nitrogen and oxygen atoms in total. The maximum atomic E-state index is 9.02. The lowest BCUT2D eigenvalue weighted by Crippen LogP contribution is -1.94. The van der Waals surface area contributed by atoms with Gasteiger partial charge >= 0.3 is 0 Å². The summed E-state index contributed by atoms with van der Waals surface area (Å²) in [5, 5.41) is 9.02. The van der Waals surface area contributed by atoms with Gasteiger partial charge < -0.3 is 4.57 Å². The van der Waals surface area contributed by atoms with Crippen molar-refractivity contribution in [1.29, 1.82) is 5.26 Å². The molecule has 1 aromatic heterocycles. The monoisotopic (exact) mass is 224 g/mol. The molecule has 0 aliphatic heterocycles. The van der Waals surface area contributed by atoms with Gasteiger partial charge in [0.05, 0.1) is 5.56 Å². The lowest BCUT2D eigenvalue weighted by Gasteiger charge is -2.06.